The number of aryl methyl sites for hydroxylation is 1. The van der Waals surface area contributed by atoms with Crippen LogP contribution in [0.3, 0.4) is 0 Å². The lowest BCUT2D eigenvalue weighted by Gasteiger charge is -2.12. The van der Waals surface area contributed by atoms with E-state index in [1.165, 1.54) is 22.2 Å². The van der Waals surface area contributed by atoms with Crippen molar-refractivity contribution in [1.29, 1.82) is 0 Å². The molecule has 0 aliphatic carbocycles. The molecule has 18 heavy (non-hydrogen) atoms. The predicted molar refractivity (Wildman–Crippen MR) is 73.3 cm³/mol. The summed E-state index contributed by atoms with van der Waals surface area (Å²) < 4.78 is 5.31. The van der Waals surface area contributed by atoms with E-state index < -0.39 is 0 Å². The van der Waals surface area contributed by atoms with Gasteiger partial charge in [-0.05, 0) is 49.2 Å². The van der Waals surface area contributed by atoms with E-state index in [4.69, 9.17) is 9.72 Å². The quantitative estimate of drug-likeness (QED) is 0.832. The second-order valence-corrected chi connectivity index (χ2v) is 4.80. The van der Waals surface area contributed by atoms with Crippen molar-refractivity contribution in [3.05, 3.63) is 35.0 Å². The molecule has 0 unspecified atom stereocenters. The van der Waals surface area contributed by atoms with E-state index in [0.717, 1.165) is 37.2 Å². The average molecular weight is 242 g/mol. The summed E-state index contributed by atoms with van der Waals surface area (Å²) in [5.41, 5.74) is 5.11. The maximum absolute atomic E-state index is 5.31. The minimum absolute atomic E-state index is 0.902. The summed E-state index contributed by atoms with van der Waals surface area (Å²) in [6, 6.07) is 6.13. The lowest BCUT2D eigenvalue weighted by atomic mass is 9.98. The van der Waals surface area contributed by atoms with Crippen molar-refractivity contribution >= 4 is 10.9 Å². The Balaban J connectivity index is 2.24. The fourth-order valence-corrected chi connectivity index (χ4v) is 2.72. The summed E-state index contributed by atoms with van der Waals surface area (Å²) in [5, 5.41) is 4.65. The third kappa shape index (κ3) is 1.85. The molecule has 0 atom stereocenters. The number of hydrogen-bond acceptors (Lipinski definition) is 3. The first-order valence-corrected chi connectivity index (χ1v) is 6.46. The highest BCUT2D eigenvalue weighted by atomic mass is 16.5. The third-order valence-corrected chi connectivity index (χ3v) is 3.75. The minimum Gasteiger partial charge on any atom is -0.497 e. The maximum atomic E-state index is 5.31. The second-order valence-electron chi connectivity index (χ2n) is 4.80. The van der Waals surface area contributed by atoms with Crippen molar-refractivity contribution in [2.45, 2.75) is 19.8 Å². The van der Waals surface area contributed by atoms with Crippen molar-refractivity contribution in [2.24, 2.45) is 0 Å². The maximum Gasteiger partial charge on any atom is 0.119 e. The zero-order valence-corrected chi connectivity index (χ0v) is 10.9. The van der Waals surface area contributed by atoms with Gasteiger partial charge < -0.3 is 10.1 Å². The molecular weight excluding hydrogens is 224 g/mol. The molecule has 0 amide bonds. The molecule has 0 spiro atoms. The monoisotopic (exact) mass is 242 g/mol. The number of rotatable bonds is 1. The van der Waals surface area contributed by atoms with Gasteiger partial charge in [0.1, 0.15) is 5.75 Å². The van der Waals surface area contributed by atoms with Crippen LogP contribution in [0, 0.1) is 6.92 Å². The van der Waals surface area contributed by atoms with Gasteiger partial charge in [-0.25, -0.2) is 0 Å². The number of ether oxygens (including phenoxy) is 1. The summed E-state index contributed by atoms with van der Waals surface area (Å²) >= 11 is 0. The summed E-state index contributed by atoms with van der Waals surface area (Å²) in [5.74, 6) is 0.902. The molecule has 3 rings (SSSR count). The van der Waals surface area contributed by atoms with Gasteiger partial charge in [-0.1, -0.05) is 0 Å². The number of nitrogens with zero attached hydrogens (tertiary/aromatic N) is 1. The second kappa shape index (κ2) is 4.58. The van der Waals surface area contributed by atoms with Crippen LogP contribution in [0.25, 0.3) is 10.9 Å². The molecule has 94 valence electrons. The van der Waals surface area contributed by atoms with Crippen molar-refractivity contribution in [1.82, 2.24) is 10.3 Å². The van der Waals surface area contributed by atoms with Crippen LogP contribution in [0.5, 0.6) is 5.75 Å². The van der Waals surface area contributed by atoms with E-state index in [9.17, 15) is 0 Å². The van der Waals surface area contributed by atoms with Crippen molar-refractivity contribution in [2.75, 3.05) is 20.2 Å². The zero-order valence-electron chi connectivity index (χ0n) is 10.9. The molecule has 0 bridgehead atoms. The smallest absolute Gasteiger partial charge is 0.119 e. The zero-order chi connectivity index (χ0) is 12.5. The fraction of sp³-hybridized carbons (Fsp3) is 0.400. The molecule has 1 aromatic heterocycles. The van der Waals surface area contributed by atoms with Crippen LogP contribution in [0.2, 0.25) is 0 Å². The summed E-state index contributed by atoms with van der Waals surface area (Å²) in [7, 11) is 1.71. The summed E-state index contributed by atoms with van der Waals surface area (Å²) in [4.78, 5) is 4.82. The normalized spacial score (nSPS) is 15.2. The van der Waals surface area contributed by atoms with E-state index in [0.29, 0.717) is 0 Å². The highest BCUT2D eigenvalue weighted by Gasteiger charge is 2.14. The Morgan fingerprint density at radius 1 is 1.22 bits per heavy atom. The van der Waals surface area contributed by atoms with Gasteiger partial charge >= 0.3 is 0 Å². The predicted octanol–water partition coefficient (Wildman–Crippen LogP) is 2.24. The van der Waals surface area contributed by atoms with Crippen LogP contribution in [0.1, 0.15) is 16.8 Å². The van der Waals surface area contributed by atoms with Crippen LogP contribution in [-0.4, -0.2) is 25.2 Å². The Morgan fingerprint density at radius 3 is 2.89 bits per heavy atom. The Bertz CT molecular complexity index is 593. The van der Waals surface area contributed by atoms with E-state index >= 15 is 0 Å². The number of methoxy groups -OCH3 is 1. The number of aromatic nitrogens is 1. The van der Waals surface area contributed by atoms with Gasteiger partial charge in [0.2, 0.25) is 0 Å². The number of fused-ring (bicyclic) bond motifs is 2. The number of nitrogens with one attached hydrogen (secondary N) is 1. The molecule has 1 aliphatic rings. The molecule has 0 radical (unpaired) electrons. The van der Waals surface area contributed by atoms with Gasteiger partial charge in [0.25, 0.3) is 0 Å². The van der Waals surface area contributed by atoms with E-state index in [2.05, 4.69) is 24.4 Å². The molecule has 1 aromatic carbocycles. The largest absolute Gasteiger partial charge is 0.497 e. The standard InChI is InChI=1S/C15H18N2O/c1-10-12-5-7-16-8-6-15(12)17-14-4-3-11(18-2)9-13(10)14/h3-4,9,16H,5-8H2,1-2H3. The molecule has 2 aromatic rings. The minimum atomic E-state index is 0.902. The number of benzene rings is 1. The van der Waals surface area contributed by atoms with Crippen LogP contribution in [-0.2, 0) is 12.8 Å². The third-order valence-electron chi connectivity index (χ3n) is 3.75. The van der Waals surface area contributed by atoms with Gasteiger partial charge in [0, 0.05) is 24.0 Å². The van der Waals surface area contributed by atoms with Crippen LogP contribution < -0.4 is 10.1 Å². The first kappa shape index (κ1) is 11.5. The molecule has 3 nitrogen and oxygen atoms in total. The average Bonchev–Trinajstić information content (AvgIpc) is 2.64. The van der Waals surface area contributed by atoms with E-state index in [1.54, 1.807) is 7.11 Å². The topological polar surface area (TPSA) is 34.1 Å². The highest BCUT2D eigenvalue weighted by Crippen LogP contribution is 2.27. The van der Waals surface area contributed by atoms with Gasteiger partial charge in [0.15, 0.2) is 0 Å². The van der Waals surface area contributed by atoms with Crippen molar-refractivity contribution < 1.29 is 4.74 Å². The lowest BCUT2D eigenvalue weighted by molar-refractivity contribution is 0.415. The van der Waals surface area contributed by atoms with Crippen LogP contribution in [0.4, 0.5) is 0 Å². The Kier molecular flexibility index (Phi) is 2.92. The van der Waals surface area contributed by atoms with Crippen molar-refractivity contribution in [3.63, 3.8) is 0 Å². The van der Waals surface area contributed by atoms with Crippen molar-refractivity contribution in [3.8, 4) is 5.75 Å². The number of hydrogen-bond donors (Lipinski definition) is 1. The van der Waals surface area contributed by atoms with Crippen LogP contribution >= 0.6 is 0 Å². The fourth-order valence-electron chi connectivity index (χ4n) is 2.72. The highest BCUT2D eigenvalue weighted by molar-refractivity contribution is 5.85. The molecule has 0 saturated heterocycles. The summed E-state index contributed by atoms with van der Waals surface area (Å²) in [6.45, 7) is 4.28. The lowest BCUT2D eigenvalue weighted by Crippen LogP contribution is -2.16. The SMILES string of the molecule is COc1ccc2nc3c(c(C)c2c1)CCNCC3. The molecule has 1 N–H and O–H groups in total. The summed E-state index contributed by atoms with van der Waals surface area (Å²) in [6.07, 6.45) is 2.10. The van der Waals surface area contributed by atoms with Crippen LogP contribution in [0.15, 0.2) is 18.2 Å². The van der Waals surface area contributed by atoms with Gasteiger partial charge in [-0.15, -0.1) is 0 Å². The Morgan fingerprint density at radius 2 is 2.06 bits per heavy atom. The molecule has 0 fully saturated rings. The molecule has 0 saturated carbocycles. The number of pyridine rings is 1. The Hall–Kier alpha value is -1.61. The first-order valence-electron chi connectivity index (χ1n) is 6.46. The van der Waals surface area contributed by atoms with E-state index in [1.807, 2.05) is 6.07 Å². The molecule has 1 aliphatic heterocycles. The van der Waals surface area contributed by atoms with Gasteiger partial charge in [0.05, 0.1) is 12.6 Å². The molecule has 2 heterocycles. The molecule has 3 heteroatoms. The van der Waals surface area contributed by atoms with E-state index in [-0.39, 0.29) is 0 Å². The van der Waals surface area contributed by atoms with Gasteiger partial charge in [-0.2, -0.15) is 0 Å². The van der Waals surface area contributed by atoms with Gasteiger partial charge in [-0.3, -0.25) is 4.98 Å². The first-order chi connectivity index (χ1) is 8.79. The molecular formula is C15H18N2O. The Labute approximate surface area is 107 Å².